The van der Waals surface area contributed by atoms with E-state index in [1.165, 1.54) is 0 Å². The average molecular weight is 408 g/mol. The third kappa shape index (κ3) is 2.55. The van der Waals surface area contributed by atoms with Crippen LogP contribution in [-0.2, 0) is 5.88 Å². The molecule has 1 aromatic heterocycles. The Kier molecular flexibility index (Phi) is 4.19. The lowest BCUT2D eigenvalue weighted by Gasteiger charge is -2.31. The molecule has 0 N–H and O–H groups in total. The molecule has 0 radical (unpaired) electrons. The van der Waals surface area contributed by atoms with Crippen molar-refractivity contribution in [1.29, 1.82) is 0 Å². The summed E-state index contributed by atoms with van der Waals surface area (Å²) in [7, 11) is 2.12. The zero-order valence-corrected chi connectivity index (χ0v) is 14.2. The molecule has 2 heterocycles. The third-order valence-corrected chi connectivity index (χ3v) is 4.95. The number of fused-ring (bicyclic) bond motifs is 1. The molecule has 1 aliphatic rings. The summed E-state index contributed by atoms with van der Waals surface area (Å²) in [6.45, 7) is 2.08. The Labute approximate surface area is 136 Å². The van der Waals surface area contributed by atoms with Crippen LogP contribution in [0, 0.1) is 9.39 Å². The maximum absolute atomic E-state index is 13.9. The van der Waals surface area contributed by atoms with Gasteiger partial charge in [0, 0.05) is 18.7 Å². The molecule has 20 heavy (non-hydrogen) atoms. The molecule has 6 heteroatoms. The van der Waals surface area contributed by atoms with Crippen LogP contribution in [0.4, 0.5) is 4.39 Å². The molecule has 3 nitrogen and oxygen atoms in total. The lowest BCUT2D eigenvalue weighted by Crippen LogP contribution is -2.34. The highest BCUT2D eigenvalue weighted by Crippen LogP contribution is 2.30. The zero-order valence-electron chi connectivity index (χ0n) is 11.2. The Morgan fingerprint density at radius 2 is 2.30 bits per heavy atom. The summed E-state index contributed by atoms with van der Waals surface area (Å²) in [5.41, 5.74) is 1.69. The van der Waals surface area contributed by atoms with E-state index in [-0.39, 0.29) is 5.82 Å². The second-order valence-corrected chi connectivity index (χ2v) is 6.77. The summed E-state index contributed by atoms with van der Waals surface area (Å²) in [5.74, 6) is 1.00. The molecule has 1 saturated heterocycles. The van der Waals surface area contributed by atoms with Crippen molar-refractivity contribution >= 4 is 45.2 Å². The molecule has 1 unspecified atom stereocenters. The number of benzene rings is 1. The highest BCUT2D eigenvalue weighted by atomic mass is 127. The second-order valence-electron chi connectivity index (χ2n) is 5.34. The van der Waals surface area contributed by atoms with Gasteiger partial charge in [0.25, 0.3) is 0 Å². The normalized spacial score (nSPS) is 20.7. The lowest BCUT2D eigenvalue weighted by molar-refractivity contribution is 0.213. The van der Waals surface area contributed by atoms with Crippen molar-refractivity contribution in [1.82, 2.24) is 14.5 Å². The van der Waals surface area contributed by atoms with Gasteiger partial charge in [-0.3, -0.25) is 0 Å². The molecule has 3 rings (SSSR count). The number of alkyl halides is 1. The van der Waals surface area contributed by atoms with Gasteiger partial charge in [-0.05, 0) is 55.1 Å². The maximum Gasteiger partial charge on any atom is 0.138 e. The number of imidazole rings is 1. The van der Waals surface area contributed by atoms with Crippen LogP contribution in [0.2, 0.25) is 0 Å². The molecule has 0 amide bonds. The number of hydrogen-bond acceptors (Lipinski definition) is 2. The van der Waals surface area contributed by atoms with E-state index in [4.69, 9.17) is 11.6 Å². The molecular weight excluding hydrogens is 392 g/mol. The van der Waals surface area contributed by atoms with E-state index < -0.39 is 0 Å². The molecule has 0 aliphatic carbocycles. The van der Waals surface area contributed by atoms with Crippen LogP contribution < -0.4 is 0 Å². The van der Waals surface area contributed by atoms with Gasteiger partial charge in [0.1, 0.15) is 11.6 Å². The average Bonchev–Trinajstić information content (AvgIpc) is 2.77. The number of nitrogens with zero attached hydrogens (tertiary/aromatic N) is 3. The van der Waals surface area contributed by atoms with E-state index in [1.807, 2.05) is 22.6 Å². The van der Waals surface area contributed by atoms with Crippen LogP contribution >= 0.6 is 34.2 Å². The minimum atomic E-state index is -0.190. The van der Waals surface area contributed by atoms with Gasteiger partial charge in [-0.25, -0.2) is 9.37 Å². The summed E-state index contributed by atoms with van der Waals surface area (Å²) in [6.07, 6.45) is 2.24. The van der Waals surface area contributed by atoms with E-state index in [2.05, 4.69) is 21.5 Å². The first-order valence-corrected chi connectivity index (χ1v) is 8.32. The Morgan fingerprint density at radius 1 is 1.50 bits per heavy atom. The summed E-state index contributed by atoms with van der Waals surface area (Å²) in [4.78, 5) is 6.88. The van der Waals surface area contributed by atoms with Crippen molar-refractivity contribution in [3.05, 3.63) is 27.3 Å². The minimum Gasteiger partial charge on any atom is -0.322 e. The van der Waals surface area contributed by atoms with Gasteiger partial charge in [0.15, 0.2) is 0 Å². The van der Waals surface area contributed by atoms with E-state index in [1.54, 1.807) is 12.1 Å². The molecule has 0 saturated carbocycles. The first-order chi connectivity index (χ1) is 9.60. The molecule has 1 aromatic carbocycles. The first-order valence-electron chi connectivity index (χ1n) is 6.70. The number of likely N-dealkylation sites (tertiary alicyclic amines) is 1. The van der Waals surface area contributed by atoms with Gasteiger partial charge in [-0.2, -0.15) is 0 Å². The van der Waals surface area contributed by atoms with Crippen molar-refractivity contribution in [3.8, 4) is 0 Å². The fraction of sp³-hybridized carbons (Fsp3) is 0.500. The Morgan fingerprint density at radius 3 is 3.00 bits per heavy atom. The molecule has 1 atom stereocenters. The number of aromatic nitrogens is 2. The van der Waals surface area contributed by atoms with Gasteiger partial charge >= 0.3 is 0 Å². The van der Waals surface area contributed by atoms with Crippen molar-refractivity contribution < 1.29 is 4.39 Å². The van der Waals surface area contributed by atoms with E-state index in [9.17, 15) is 4.39 Å². The van der Waals surface area contributed by atoms with Crippen LogP contribution in [0.25, 0.3) is 11.0 Å². The zero-order chi connectivity index (χ0) is 14.3. The summed E-state index contributed by atoms with van der Waals surface area (Å²) < 4.78 is 16.6. The van der Waals surface area contributed by atoms with Crippen molar-refractivity contribution in [2.24, 2.45) is 0 Å². The Hall–Kier alpha value is -0.400. The lowest BCUT2D eigenvalue weighted by atomic mass is 10.1. The largest absolute Gasteiger partial charge is 0.322 e. The minimum absolute atomic E-state index is 0.190. The highest BCUT2D eigenvalue weighted by molar-refractivity contribution is 14.1. The Bertz CT molecular complexity index is 643. The van der Waals surface area contributed by atoms with Gasteiger partial charge < -0.3 is 9.47 Å². The predicted octanol–water partition coefficient (Wildman–Crippen LogP) is 3.79. The predicted molar refractivity (Wildman–Crippen MR) is 87.7 cm³/mol. The van der Waals surface area contributed by atoms with E-state index >= 15 is 0 Å². The van der Waals surface area contributed by atoms with Crippen LogP contribution in [0.15, 0.2) is 12.1 Å². The number of halogens is 3. The summed E-state index contributed by atoms with van der Waals surface area (Å²) in [6, 6.07) is 3.71. The molecule has 108 valence electrons. The topological polar surface area (TPSA) is 21.1 Å². The van der Waals surface area contributed by atoms with Gasteiger partial charge in [-0.15, -0.1) is 11.6 Å². The monoisotopic (exact) mass is 407 g/mol. The fourth-order valence-electron chi connectivity index (χ4n) is 2.99. The van der Waals surface area contributed by atoms with Crippen LogP contribution in [0.1, 0.15) is 24.7 Å². The smallest absolute Gasteiger partial charge is 0.138 e. The number of hydrogen-bond donors (Lipinski definition) is 0. The molecule has 2 aromatic rings. The molecule has 0 bridgehead atoms. The quantitative estimate of drug-likeness (QED) is 0.558. The van der Waals surface area contributed by atoms with Crippen LogP contribution in [-0.4, -0.2) is 34.6 Å². The summed E-state index contributed by atoms with van der Waals surface area (Å²) >= 11 is 8.04. The van der Waals surface area contributed by atoms with Crippen molar-refractivity contribution in [2.45, 2.75) is 24.8 Å². The molecule has 0 spiro atoms. The van der Waals surface area contributed by atoms with Crippen LogP contribution in [0.5, 0.6) is 0 Å². The maximum atomic E-state index is 13.9. The van der Waals surface area contributed by atoms with Gasteiger partial charge in [0.2, 0.25) is 0 Å². The molecule has 1 fully saturated rings. The molecule has 1 aliphatic heterocycles. The van der Waals surface area contributed by atoms with Crippen LogP contribution in [0.3, 0.4) is 0 Å². The fourth-order valence-corrected chi connectivity index (χ4v) is 3.63. The van der Waals surface area contributed by atoms with Gasteiger partial charge in [0.05, 0.1) is 20.5 Å². The number of rotatable bonds is 2. The van der Waals surface area contributed by atoms with E-state index in [0.717, 1.165) is 42.8 Å². The molecular formula is C14H16ClFIN3. The second kappa shape index (κ2) is 5.77. The third-order valence-electron chi connectivity index (χ3n) is 3.89. The first kappa shape index (κ1) is 14.5. The highest BCUT2D eigenvalue weighted by Gasteiger charge is 2.24. The Balaban J connectivity index is 2.14. The number of likely N-dealkylation sites (N-methyl/N-ethyl adjacent to an activating group) is 1. The van der Waals surface area contributed by atoms with Gasteiger partial charge in [-0.1, -0.05) is 0 Å². The van der Waals surface area contributed by atoms with E-state index in [0.29, 0.717) is 15.5 Å². The van der Waals surface area contributed by atoms with Crippen molar-refractivity contribution in [2.75, 3.05) is 20.1 Å². The SMILES string of the molecule is CN1CCCC(n2c(CCl)nc3cc(I)c(F)cc32)C1. The van der Waals surface area contributed by atoms with Crippen molar-refractivity contribution in [3.63, 3.8) is 0 Å². The standard InChI is InChI=1S/C14H16ClFIN3/c1-19-4-2-3-9(8-19)20-13-5-10(16)11(17)6-12(13)18-14(20)7-15/h5-6,9H,2-4,7-8H2,1H3. The number of piperidine rings is 1. The summed E-state index contributed by atoms with van der Waals surface area (Å²) in [5, 5.41) is 0.